The molecule has 128 valence electrons. The van der Waals surface area contributed by atoms with Gasteiger partial charge in [0.2, 0.25) is 10.0 Å². The molecule has 11 heteroatoms. The van der Waals surface area contributed by atoms with Gasteiger partial charge in [0.25, 0.3) is 0 Å². The molecule has 0 spiro atoms. The molecule has 0 aliphatic rings. The Hall–Kier alpha value is -1.33. The monoisotopic (exact) mass is 411 g/mol. The Kier molecular flexibility index (Phi) is 5.21. The number of aromatic nitrogens is 4. The summed E-state index contributed by atoms with van der Waals surface area (Å²) in [6.07, 6.45) is 2.43. The van der Waals surface area contributed by atoms with Crippen molar-refractivity contribution in [2.45, 2.75) is 38.4 Å². The van der Waals surface area contributed by atoms with Crippen LogP contribution in [0.4, 0.5) is 8.78 Å². The first-order valence-corrected chi connectivity index (χ1v) is 8.92. The summed E-state index contributed by atoms with van der Waals surface area (Å²) in [5, 5.41) is 7.66. The molecule has 0 amide bonds. The second-order valence-electron chi connectivity index (χ2n) is 4.85. The minimum atomic E-state index is -3.95. The molecule has 0 atom stereocenters. The summed E-state index contributed by atoms with van der Waals surface area (Å²) in [6.45, 7) is 1.01. The molecule has 0 unspecified atom stereocenters. The van der Waals surface area contributed by atoms with E-state index in [0.29, 0.717) is 21.4 Å². The lowest BCUT2D eigenvalue weighted by atomic mass is 10.4. The third-order valence-electron chi connectivity index (χ3n) is 3.33. The van der Waals surface area contributed by atoms with Crippen molar-refractivity contribution < 1.29 is 17.2 Å². The Morgan fingerprint density at radius 2 is 2.09 bits per heavy atom. The van der Waals surface area contributed by atoms with Crippen LogP contribution in [0.2, 0.25) is 0 Å². The average molecular weight is 412 g/mol. The molecule has 23 heavy (non-hydrogen) atoms. The van der Waals surface area contributed by atoms with Crippen LogP contribution in [0.5, 0.6) is 0 Å². The fourth-order valence-corrected chi connectivity index (χ4v) is 3.80. The lowest BCUT2D eigenvalue weighted by Gasteiger charge is -2.17. The van der Waals surface area contributed by atoms with E-state index in [1.165, 1.54) is 14.0 Å². The van der Waals surface area contributed by atoms with Crippen molar-refractivity contribution in [3.05, 3.63) is 28.3 Å². The summed E-state index contributed by atoms with van der Waals surface area (Å²) < 4.78 is 54.3. The molecular weight excluding hydrogens is 396 g/mol. The fraction of sp³-hybridized carbons (Fsp3) is 0.500. The van der Waals surface area contributed by atoms with Crippen LogP contribution in [0.25, 0.3) is 0 Å². The maximum absolute atomic E-state index is 12.7. The largest absolute Gasteiger partial charge is 0.333 e. The predicted molar refractivity (Wildman–Crippen MR) is 82.5 cm³/mol. The van der Waals surface area contributed by atoms with E-state index in [0.717, 1.165) is 10.5 Å². The molecule has 2 aromatic rings. The molecule has 2 rings (SSSR count). The number of halogens is 3. The topological polar surface area (TPSA) is 73.0 Å². The quantitative estimate of drug-likeness (QED) is 0.731. The Labute approximate surface area is 141 Å². The molecule has 0 radical (unpaired) electrons. The van der Waals surface area contributed by atoms with Gasteiger partial charge in [-0.05, 0) is 29.8 Å². The van der Waals surface area contributed by atoms with Gasteiger partial charge in [-0.2, -0.15) is 23.3 Å². The number of hydrogen-bond acceptors (Lipinski definition) is 4. The Balaban J connectivity index is 2.34. The van der Waals surface area contributed by atoms with Gasteiger partial charge in [-0.3, -0.25) is 4.68 Å². The van der Waals surface area contributed by atoms with Crippen molar-refractivity contribution in [2.75, 3.05) is 7.05 Å². The van der Waals surface area contributed by atoms with Crippen molar-refractivity contribution in [1.82, 2.24) is 23.9 Å². The van der Waals surface area contributed by atoms with Crippen LogP contribution in [0.15, 0.2) is 21.8 Å². The molecule has 0 fully saturated rings. The van der Waals surface area contributed by atoms with Crippen LogP contribution in [-0.2, 0) is 23.1 Å². The summed E-state index contributed by atoms with van der Waals surface area (Å²) in [5.41, 5.74) is 0.706. The number of rotatable bonds is 6. The van der Waals surface area contributed by atoms with Gasteiger partial charge in [-0.15, -0.1) is 0 Å². The summed E-state index contributed by atoms with van der Waals surface area (Å²) >= 11 is 3.33. The van der Waals surface area contributed by atoms with Gasteiger partial charge in [0, 0.05) is 13.6 Å². The zero-order valence-corrected chi connectivity index (χ0v) is 15.1. The first-order valence-electron chi connectivity index (χ1n) is 6.68. The summed E-state index contributed by atoms with van der Waals surface area (Å²) in [6, 6.07) is 0. The average Bonchev–Trinajstić information content (AvgIpc) is 3.03. The molecule has 0 saturated carbocycles. The molecule has 0 saturated heterocycles. The van der Waals surface area contributed by atoms with Crippen molar-refractivity contribution in [3.8, 4) is 0 Å². The minimum absolute atomic E-state index is 0.0280. The molecule has 0 aliphatic carbocycles. The highest BCUT2D eigenvalue weighted by Crippen LogP contribution is 2.24. The van der Waals surface area contributed by atoms with Gasteiger partial charge in [0.1, 0.15) is 4.90 Å². The highest BCUT2D eigenvalue weighted by atomic mass is 79.9. The molecule has 2 heterocycles. The summed E-state index contributed by atoms with van der Waals surface area (Å²) in [4.78, 5) is -0.237. The van der Waals surface area contributed by atoms with Gasteiger partial charge in [-0.1, -0.05) is 0 Å². The standard InChI is InChI=1S/C12H16BrF2N5O2S/c1-4-19-10(9(13)5-16-19)6-18(3)23(21,22)11-7-20(12(14)15)17-8(11)2/h5,7,12H,4,6H2,1-3H3. The second-order valence-corrected chi connectivity index (χ2v) is 7.72. The van der Waals surface area contributed by atoms with Gasteiger partial charge in [0.05, 0.1) is 34.8 Å². The number of nitrogens with zero attached hydrogens (tertiary/aromatic N) is 5. The summed E-state index contributed by atoms with van der Waals surface area (Å²) in [7, 11) is -2.56. The SMILES string of the molecule is CCn1ncc(Br)c1CN(C)S(=O)(=O)c1cn(C(F)F)nc1C. The minimum Gasteiger partial charge on any atom is -0.267 e. The fourth-order valence-electron chi connectivity index (χ4n) is 2.10. The Morgan fingerprint density at radius 3 is 2.61 bits per heavy atom. The van der Waals surface area contributed by atoms with Crippen molar-refractivity contribution in [1.29, 1.82) is 0 Å². The molecule has 2 aromatic heterocycles. The van der Waals surface area contributed by atoms with Crippen LogP contribution in [0.1, 0.15) is 24.9 Å². The van der Waals surface area contributed by atoms with E-state index in [4.69, 9.17) is 0 Å². The van der Waals surface area contributed by atoms with E-state index < -0.39 is 16.6 Å². The normalized spacial score (nSPS) is 12.5. The van der Waals surface area contributed by atoms with Crippen LogP contribution < -0.4 is 0 Å². The van der Waals surface area contributed by atoms with E-state index >= 15 is 0 Å². The third kappa shape index (κ3) is 3.45. The van der Waals surface area contributed by atoms with Gasteiger partial charge >= 0.3 is 6.55 Å². The van der Waals surface area contributed by atoms with Crippen molar-refractivity contribution >= 4 is 26.0 Å². The van der Waals surface area contributed by atoms with Gasteiger partial charge in [0.15, 0.2) is 0 Å². The van der Waals surface area contributed by atoms with E-state index in [-0.39, 0.29) is 17.1 Å². The highest BCUT2D eigenvalue weighted by molar-refractivity contribution is 9.10. The maximum atomic E-state index is 12.7. The molecule has 0 bridgehead atoms. The lowest BCUT2D eigenvalue weighted by molar-refractivity contribution is 0.0561. The van der Waals surface area contributed by atoms with Crippen molar-refractivity contribution in [2.24, 2.45) is 0 Å². The van der Waals surface area contributed by atoms with Crippen molar-refractivity contribution in [3.63, 3.8) is 0 Å². The third-order valence-corrected chi connectivity index (χ3v) is 5.90. The number of aryl methyl sites for hydroxylation is 2. The molecular formula is C12H16BrF2N5O2S. The number of sulfonamides is 1. The molecule has 0 aliphatic heterocycles. The van der Waals surface area contributed by atoms with Crippen LogP contribution in [0.3, 0.4) is 0 Å². The first-order chi connectivity index (χ1) is 10.7. The smallest absolute Gasteiger partial charge is 0.267 e. The summed E-state index contributed by atoms with van der Waals surface area (Å²) in [5.74, 6) is 0. The predicted octanol–water partition coefficient (Wildman–Crippen LogP) is 2.39. The second kappa shape index (κ2) is 6.65. The zero-order valence-electron chi connectivity index (χ0n) is 12.7. The van der Waals surface area contributed by atoms with Gasteiger partial charge < -0.3 is 0 Å². The lowest BCUT2D eigenvalue weighted by Crippen LogP contribution is -2.28. The molecule has 0 aromatic carbocycles. The van der Waals surface area contributed by atoms with Crippen LogP contribution in [0, 0.1) is 6.92 Å². The maximum Gasteiger partial charge on any atom is 0.333 e. The number of hydrogen-bond donors (Lipinski definition) is 0. The van der Waals surface area contributed by atoms with E-state index in [1.54, 1.807) is 10.9 Å². The van der Waals surface area contributed by atoms with E-state index in [1.807, 2.05) is 6.92 Å². The van der Waals surface area contributed by atoms with E-state index in [9.17, 15) is 17.2 Å². The Morgan fingerprint density at radius 1 is 1.43 bits per heavy atom. The Bertz CT molecular complexity index is 802. The first kappa shape index (κ1) is 18.0. The van der Waals surface area contributed by atoms with Crippen LogP contribution >= 0.6 is 15.9 Å². The van der Waals surface area contributed by atoms with E-state index in [2.05, 4.69) is 26.1 Å². The zero-order chi connectivity index (χ0) is 17.4. The van der Waals surface area contributed by atoms with Crippen LogP contribution in [-0.4, -0.2) is 39.3 Å². The van der Waals surface area contributed by atoms with Gasteiger partial charge in [-0.25, -0.2) is 13.1 Å². The molecule has 7 nitrogen and oxygen atoms in total. The number of alkyl halides is 2. The highest BCUT2D eigenvalue weighted by Gasteiger charge is 2.28. The molecule has 0 N–H and O–H groups in total.